The number of anilines is 3. The SMILES string of the molecule is O=C(O)c1cccc(-c2nc(Nc3cccc(N4C[C@H]5CC[C@@H](C4)O5)c3)c3ncsc3n2)c1. The lowest BCUT2D eigenvalue weighted by atomic mass is 10.1. The van der Waals surface area contributed by atoms with Gasteiger partial charge in [-0.3, -0.25) is 0 Å². The minimum Gasteiger partial charge on any atom is -0.478 e. The molecule has 33 heavy (non-hydrogen) atoms. The van der Waals surface area contributed by atoms with Crippen molar-refractivity contribution in [3.8, 4) is 11.4 Å². The fraction of sp³-hybridized carbons (Fsp3) is 0.250. The van der Waals surface area contributed by atoms with E-state index in [1.165, 1.54) is 11.3 Å². The number of carboxylic acid groups (broad SMARTS) is 1. The van der Waals surface area contributed by atoms with Gasteiger partial charge in [-0.2, -0.15) is 0 Å². The average molecular weight is 460 g/mol. The Morgan fingerprint density at radius 1 is 1.09 bits per heavy atom. The number of aromatic nitrogens is 3. The number of morpholine rings is 1. The van der Waals surface area contributed by atoms with Gasteiger partial charge in [0.25, 0.3) is 0 Å². The summed E-state index contributed by atoms with van der Waals surface area (Å²) in [6, 6.07) is 14.9. The zero-order valence-electron chi connectivity index (χ0n) is 17.6. The maximum Gasteiger partial charge on any atom is 0.335 e. The van der Waals surface area contributed by atoms with Gasteiger partial charge in [-0.15, -0.1) is 11.3 Å². The van der Waals surface area contributed by atoms with Crippen LogP contribution in [-0.2, 0) is 4.74 Å². The van der Waals surface area contributed by atoms with Crippen molar-refractivity contribution in [1.82, 2.24) is 15.0 Å². The second kappa shape index (κ2) is 8.09. The lowest BCUT2D eigenvalue weighted by Gasteiger charge is -2.34. The first-order valence-electron chi connectivity index (χ1n) is 10.8. The molecule has 2 atom stereocenters. The van der Waals surface area contributed by atoms with E-state index in [0.29, 0.717) is 34.9 Å². The summed E-state index contributed by atoms with van der Waals surface area (Å²) in [7, 11) is 0. The number of rotatable bonds is 5. The molecule has 8 nitrogen and oxygen atoms in total. The number of carbonyl (C=O) groups is 1. The molecule has 2 aromatic heterocycles. The molecule has 4 heterocycles. The van der Waals surface area contributed by atoms with Crippen LogP contribution in [0.1, 0.15) is 23.2 Å². The first-order valence-corrected chi connectivity index (χ1v) is 11.7. The van der Waals surface area contributed by atoms with Gasteiger partial charge >= 0.3 is 5.97 Å². The van der Waals surface area contributed by atoms with E-state index in [1.807, 2.05) is 18.2 Å². The number of hydrogen-bond acceptors (Lipinski definition) is 8. The molecule has 2 N–H and O–H groups in total. The van der Waals surface area contributed by atoms with Crippen LogP contribution in [0.3, 0.4) is 0 Å². The Hall–Kier alpha value is -3.56. The lowest BCUT2D eigenvalue weighted by molar-refractivity contribution is 0.0305. The van der Waals surface area contributed by atoms with Crippen molar-refractivity contribution in [2.75, 3.05) is 23.3 Å². The Kier molecular flexibility index (Phi) is 4.92. The third-order valence-corrected chi connectivity index (χ3v) is 6.80. The Morgan fingerprint density at radius 3 is 2.73 bits per heavy atom. The van der Waals surface area contributed by atoms with E-state index in [2.05, 4.69) is 32.3 Å². The van der Waals surface area contributed by atoms with E-state index in [9.17, 15) is 9.90 Å². The highest BCUT2D eigenvalue weighted by molar-refractivity contribution is 7.16. The Balaban J connectivity index is 1.34. The van der Waals surface area contributed by atoms with Crippen LogP contribution in [0.15, 0.2) is 54.0 Å². The monoisotopic (exact) mass is 459 g/mol. The summed E-state index contributed by atoms with van der Waals surface area (Å²) in [4.78, 5) is 28.3. The first-order chi connectivity index (χ1) is 16.1. The van der Waals surface area contributed by atoms with Crippen molar-refractivity contribution in [1.29, 1.82) is 0 Å². The van der Waals surface area contributed by atoms with Gasteiger partial charge in [0.1, 0.15) is 10.3 Å². The standard InChI is InChI=1S/C24H21N5O3S/c30-24(31)15-4-1-3-14(9-15)21-27-22(20-23(28-21)33-13-25-20)26-16-5-2-6-17(10-16)29-11-18-7-8-19(12-29)32-18/h1-6,9-10,13,18-19H,7-8,11-12H2,(H,30,31)(H,26,27,28)/t18-,19+. The van der Waals surface area contributed by atoms with E-state index in [4.69, 9.17) is 9.72 Å². The van der Waals surface area contributed by atoms with Gasteiger partial charge in [0, 0.05) is 30.0 Å². The third-order valence-electron chi connectivity index (χ3n) is 6.08. The maximum absolute atomic E-state index is 11.4. The highest BCUT2D eigenvalue weighted by Gasteiger charge is 2.33. The number of aromatic carboxylic acids is 1. The second-order valence-electron chi connectivity index (χ2n) is 8.33. The van der Waals surface area contributed by atoms with Gasteiger partial charge in [-0.05, 0) is 43.2 Å². The lowest BCUT2D eigenvalue weighted by Crippen LogP contribution is -2.42. The Labute approximate surface area is 193 Å². The summed E-state index contributed by atoms with van der Waals surface area (Å²) in [6.07, 6.45) is 2.91. The van der Waals surface area contributed by atoms with Crippen molar-refractivity contribution >= 4 is 44.8 Å². The molecule has 9 heteroatoms. The van der Waals surface area contributed by atoms with Gasteiger partial charge in [-0.1, -0.05) is 18.2 Å². The number of benzene rings is 2. The van der Waals surface area contributed by atoms with Crippen molar-refractivity contribution in [2.24, 2.45) is 0 Å². The van der Waals surface area contributed by atoms with Crippen molar-refractivity contribution in [2.45, 2.75) is 25.0 Å². The Bertz CT molecular complexity index is 1340. The molecule has 2 bridgehead atoms. The van der Waals surface area contributed by atoms with Crippen LogP contribution in [-0.4, -0.2) is 51.3 Å². The molecule has 4 aromatic rings. The van der Waals surface area contributed by atoms with Crippen LogP contribution in [0.4, 0.5) is 17.2 Å². The van der Waals surface area contributed by atoms with E-state index in [1.54, 1.807) is 23.7 Å². The molecule has 2 saturated heterocycles. The van der Waals surface area contributed by atoms with Crippen molar-refractivity contribution in [3.63, 3.8) is 0 Å². The molecule has 2 aliphatic heterocycles. The summed E-state index contributed by atoms with van der Waals surface area (Å²) < 4.78 is 5.97. The third kappa shape index (κ3) is 3.90. The van der Waals surface area contributed by atoms with Crippen LogP contribution in [0, 0.1) is 0 Å². The van der Waals surface area contributed by atoms with E-state index >= 15 is 0 Å². The van der Waals surface area contributed by atoms with Crippen LogP contribution < -0.4 is 10.2 Å². The second-order valence-corrected chi connectivity index (χ2v) is 9.16. The molecule has 2 aliphatic rings. The molecule has 0 unspecified atom stereocenters. The minimum atomic E-state index is -0.984. The largest absolute Gasteiger partial charge is 0.478 e. The molecular weight excluding hydrogens is 438 g/mol. The van der Waals surface area contributed by atoms with Crippen molar-refractivity contribution < 1.29 is 14.6 Å². The maximum atomic E-state index is 11.4. The highest BCUT2D eigenvalue weighted by Crippen LogP contribution is 2.33. The zero-order valence-corrected chi connectivity index (χ0v) is 18.5. The normalized spacial score (nSPS) is 19.7. The van der Waals surface area contributed by atoms with Gasteiger partial charge in [0.2, 0.25) is 0 Å². The number of fused-ring (bicyclic) bond motifs is 3. The number of hydrogen-bond donors (Lipinski definition) is 2. The smallest absolute Gasteiger partial charge is 0.335 e. The average Bonchev–Trinajstić information content (AvgIpc) is 3.45. The predicted octanol–water partition coefficient (Wildman–Crippen LogP) is 4.56. The molecule has 6 rings (SSSR count). The molecule has 0 spiro atoms. The molecule has 0 amide bonds. The summed E-state index contributed by atoms with van der Waals surface area (Å²) in [5, 5.41) is 12.8. The van der Waals surface area contributed by atoms with Gasteiger partial charge in [0.15, 0.2) is 11.6 Å². The fourth-order valence-corrected chi connectivity index (χ4v) is 5.17. The number of nitrogens with one attached hydrogen (secondary N) is 1. The van der Waals surface area contributed by atoms with Gasteiger partial charge in [-0.25, -0.2) is 19.7 Å². The first kappa shape index (κ1) is 20.1. The highest BCUT2D eigenvalue weighted by atomic mass is 32.1. The molecule has 0 radical (unpaired) electrons. The molecule has 166 valence electrons. The molecule has 2 aromatic carbocycles. The summed E-state index contributed by atoms with van der Waals surface area (Å²) in [5.41, 5.74) is 5.32. The van der Waals surface area contributed by atoms with Crippen LogP contribution in [0.25, 0.3) is 21.7 Å². The van der Waals surface area contributed by atoms with Crippen molar-refractivity contribution in [3.05, 3.63) is 59.6 Å². The molecule has 2 fully saturated rings. The summed E-state index contributed by atoms with van der Waals surface area (Å²) >= 11 is 1.42. The predicted molar refractivity (Wildman–Crippen MR) is 127 cm³/mol. The Morgan fingerprint density at radius 2 is 1.91 bits per heavy atom. The van der Waals surface area contributed by atoms with Gasteiger partial charge in [0.05, 0.1) is 23.3 Å². The summed E-state index contributed by atoms with van der Waals surface area (Å²) in [5.74, 6) is 0.0665. The van der Waals surface area contributed by atoms with Crippen LogP contribution in [0.5, 0.6) is 0 Å². The fourth-order valence-electron chi connectivity index (χ4n) is 4.51. The quantitative estimate of drug-likeness (QED) is 0.448. The van der Waals surface area contributed by atoms with Crippen LogP contribution >= 0.6 is 11.3 Å². The number of carboxylic acids is 1. The molecule has 0 aliphatic carbocycles. The topological polar surface area (TPSA) is 100 Å². The molecular formula is C24H21N5O3S. The number of thiazole rings is 1. The summed E-state index contributed by atoms with van der Waals surface area (Å²) in [6.45, 7) is 1.82. The van der Waals surface area contributed by atoms with E-state index in [0.717, 1.165) is 42.1 Å². The number of ether oxygens (including phenoxy) is 1. The molecule has 0 saturated carbocycles. The zero-order chi connectivity index (χ0) is 22.4. The number of nitrogens with zero attached hydrogens (tertiary/aromatic N) is 4. The van der Waals surface area contributed by atoms with E-state index in [-0.39, 0.29) is 5.56 Å². The minimum absolute atomic E-state index is 0.196. The van der Waals surface area contributed by atoms with Gasteiger partial charge < -0.3 is 20.1 Å². The van der Waals surface area contributed by atoms with Crippen LogP contribution in [0.2, 0.25) is 0 Å². The van der Waals surface area contributed by atoms with E-state index < -0.39 is 5.97 Å².